The second-order valence-corrected chi connectivity index (χ2v) is 10.2. The van der Waals surface area contributed by atoms with Gasteiger partial charge in [-0.2, -0.15) is 4.31 Å². The Kier molecular flexibility index (Phi) is 6.51. The van der Waals surface area contributed by atoms with Crippen LogP contribution in [0.4, 0.5) is 0 Å². The minimum absolute atomic E-state index is 0.0325. The number of aryl methyl sites for hydroxylation is 1. The third-order valence-corrected chi connectivity index (χ3v) is 7.98. The minimum atomic E-state index is -3.32. The van der Waals surface area contributed by atoms with Crippen molar-refractivity contribution < 1.29 is 18.1 Å². The Labute approximate surface area is 178 Å². The molecule has 0 spiro atoms. The monoisotopic (exact) mass is 428 g/mol. The van der Waals surface area contributed by atoms with Gasteiger partial charge in [-0.25, -0.2) is 8.42 Å². The number of amides is 1. The molecule has 0 saturated carbocycles. The molecule has 0 aromatic heterocycles. The Morgan fingerprint density at radius 1 is 1.03 bits per heavy atom. The third kappa shape index (κ3) is 5.09. The summed E-state index contributed by atoms with van der Waals surface area (Å²) >= 11 is 0. The molecule has 1 aliphatic heterocycles. The van der Waals surface area contributed by atoms with Gasteiger partial charge in [0.25, 0.3) is 5.91 Å². The van der Waals surface area contributed by atoms with E-state index < -0.39 is 10.0 Å². The van der Waals surface area contributed by atoms with Gasteiger partial charge in [-0.15, -0.1) is 0 Å². The Morgan fingerprint density at radius 2 is 1.73 bits per heavy atom. The average Bonchev–Trinajstić information content (AvgIpc) is 2.75. The van der Waals surface area contributed by atoms with Crippen molar-refractivity contribution in [1.29, 1.82) is 0 Å². The molecule has 1 aliphatic carbocycles. The lowest BCUT2D eigenvalue weighted by Gasteiger charge is -2.32. The number of quaternary nitrogens is 1. The van der Waals surface area contributed by atoms with Gasteiger partial charge >= 0.3 is 0 Å². The van der Waals surface area contributed by atoms with E-state index in [-0.39, 0.29) is 17.7 Å². The van der Waals surface area contributed by atoms with Crippen molar-refractivity contribution in [3.63, 3.8) is 0 Å². The van der Waals surface area contributed by atoms with E-state index in [0.29, 0.717) is 32.7 Å². The highest BCUT2D eigenvalue weighted by atomic mass is 32.2. The molecule has 0 radical (unpaired) electrons. The second-order valence-electron chi connectivity index (χ2n) is 8.28. The van der Waals surface area contributed by atoms with Crippen LogP contribution in [0, 0.1) is 0 Å². The van der Waals surface area contributed by atoms with E-state index in [1.165, 1.54) is 11.1 Å². The standard InChI is InChI=1S/C23H29N3O3S/c27-23(24-22-12-6-10-20-9-4-5-11-21(20)22)17-25-13-15-26(16-14-25)30(28,29)18-19-7-2-1-3-8-19/h1-5,7-9,11,22H,6,10,12-18H2,(H,24,27)/p+1/t22-/m0/s1. The Balaban J connectivity index is 1.27. The molecule has 4 rings (SSSR count). The maximum absolute atomic E-state index is 12.7. The molecule has 1 amide bonds. The summed E-state index contributed by atoms with van der Waals surface area (Å²) in [6, 6.07) is 17.7. The summed E-state index contributed by atoms with van der Waals surface area (Å²) in [4.78, 5) is 13.8. The molecule has 2 aromatic rings. The zero-order valence-electron chi connectivity index (χ0n) is 17.2. The van der Waals surface area contributed by atoms with Crippen LogP contribution in [0.25, 0.3) is 0 Å². The van der Waals surface area contributed by atoms with Crippen LogP contribution < -0.4 is 10.2 Å². The van der Waals surface area contributed by atoms with Crippen LogP contribution in [0.1, 0.15) is 35.6 Å². The predicted octanol–water partition coefficient (Wildman–Crippen LogP) is 0.911. The molecular weight excluding hydrogens is 398 g/mol. The van der Waals surface area contributed by atoms with Gasteiger partial charge in [0.15, 0.2) is 6.54 Å². The summed E-state index contributed by atoms with van der Waals surface area (Å²) in [6.07, 6.45) is 3.14. The predicted molar refractivity (Wildman–Crippen MR) is 116 cm³/mol. The normalized spacial score (nSPS) is 20.5. The first-order valence-electron chi connectivity index (χ1n) is 10.7. The van der Waals surface area contributed by atoms with E-state index in [9.17, 15) is 13.2 Å². The van der Waals surface area contributed by atoms with Crippen molar-refractivity contribution in [2.45, 2.75) is 31.1 Å². The number of carbonyl (C=O) groups is 1. The van der Waals surface area contributed by atoms with Gasteiger partial charge in [0.1, 0.15) is 0 Å². The molecule has 7 heteroatoms. The van der Waals surface area contributed by atoms with Crippen molar-refractivity contribution >= 4 is 15.9 Å². The van der Waals surface area contributed by atoms with Crippen LogP contribution in [0.5, 0.6) is 0 Å². The quantitative estimate of drug-likeness (QED) is 0.719. The van der Waals surface area contributed by atoms with Crippen molar-refractivity contribution in [2.75, 3.05) is 32.7 Å². The molecule has 1 heterocycles. The molecular formula is C23H30N3O3S+. The SMILES string of the molecule is O=C(C[NH+]1CCN(S(=O)(=O)Cc2ccccc2)CC1)N[C@H]1CCCc2ccccc21. The Morgan fingerprint density at radius 3 is 2.50 bits per heavy atom. The zero-order valence-corrected chi connectivity index (χ0v) is 18.0. The first kappa shape index (κ1) is 21.0. The zero-order chi connectivity index (χ0) is 21.0. The maximum atomic E-state index is 12.7. The topological polar surface area (TPSA) is 70.9 Å². The highest BCUT2D eigenvalue weighted by molar-refractivity contribution is 7.88. The van der Waals surface area contributed by atoms with Gasteiger partial charge in [-0.3, -0.25) is 4.79 Å². The Bertz CT molecular complexity index is 970. The van der Waals surface area contributed by atoms with Gasteiger partial charge in [0.05, 0.1) is 38.0 Å². The number of benzene rings is 2. The fourth-order valence-electron chi connectivity index (χ4n) is 4.51. The third-order valence-electron chi connectivity index (χ3n) is 6.13. The van der Waals surface area contributed by atoms with Gasteiger partial charge in [0, 0.05) is 0 Å². The van der Waals surface area contributed by atoms with E-state index in [2.05, 4.69) is 23.5 Å². The van der Waals surface area contributed by atoms with Gasteiger partial charge in [0.2, 0.25) is 10.0 Å². The number of carbonyl (C=O) groups excluding carboxylic acids is 1. The molecule has 2 aliphatic rings. The maximum Gasteiger partial charge on any atom is 0.275 e. The number of fused-ring (bicyclic) bond motifs is 1. The van der Waals surface area contributed by atoms with Crippen LogP contribution in [-0.4, -0.2) is 51.4 Å². The highest BCUT2D eigenvalue weighted by Crippen LogP contribution is 2.29. The van der Waals surface area contributed by atoms with Crippen LogP contribution in [-0.2, 0) is 27.0 Å². The molecule has 2 aromatic carbocycles. The minimum Gasteiger partial charge on any atom is -0.344 e. The molecule has 1 atom stereocenters. The molecule has 160 valence electrons. The number of hydrogen-bond donors (Lipinski definition) is 2. The molecule has 0 unspecified atom stereocenters. The molecule has 6 nitrogen and oxygen atoms in total. The number of piperazine rings is 1. The van der Waals surface area contributed by atoms with Gasteiger partial charge in [-0.05, 0) is 36.0 Å². The van der Waals surface area contributed by atoms with E-state index >= 15 is 0 Å². The smallest absolute Gasteiger partial charge is 0.275 e. The van der Waals surface area contributed by atoms with E-state index in [4.69, 9.17) is 0 Å². The summed E-state index contributed by atoms with van der Waals surface area (Å²) in [5.74, 6) is 0.0809. The second kappa shape index (κ2) is 9.29. The van der Waals surface area contributed by atoms with Crippen molar-refractivity contribution in [1.82, 2.24) is 9.62 Å². The fourth-order valence-corrected chi connectivity index (χ4v) is 6.04. The van der Waals surface area contributed by atoms with E-state index in [0.717, 1.165) is 29.7 Å². The summed E-state index contributed by atoms with van der Waals surface area (Å²) < 4.78 is 27.0. The van der Waals surface area contributed by atoms with Gasteiger partial charge in [-0.1, -0.05) is 54.6 Å². The lowest BCUT2D eigenvalue weighted by Crippen LogP contribution is -3.15. The van der Waals surface area contributed by atoms with Crippen molar-refractivity contribution in [3.05, 3.63) is 71.3 Å². The first-order chi connectivity index (χ1) is 14.5. The molecule has 0 bridgehead atoms. The fraction of sp³-hybridized carbons (Fsp3) is 0.435. The van der Waals surface area contributed by atoms with Crippen LogP contribution in [0.15, 0.2) is 54.6 Å². The molecule has 30 heavy (non-hydrogen) atoms. The summed E-state index contributed by atoms with van der Waals surface area (Å²) in [6.45, 7) is 2.63. The molecule has 1 fully saturated rings. The molecule has 1 saturated heterocycles. The average molecular weight is 429 g/mol. The number of rotatable bonds is 6. The highest BCUT2D eigenvalue weighted by Gasteiger charge is 2.30. The Hall–Kier alpha value is -2.22. The van der Waals surface area contributed by atoms with Crippen molar-refractivity contribution in [3.8, 4) is 0 Å². The van der Waals surface area contributed by atoms with Crippen LogP contribution >= 0.6 is 0 Å². The van der Waals surface area contributed by atoms with Crippen LogP contribution in [0.3, 0.4) is 0 Å². The largest absolute Gasteiger partial charge is 0.344 e. The summed E-state index contributed by atoms with van der Waals surface area (Å²) in [7, 11) is -3.32. The molecule has 2 N–H and O–H groups in total. The lowest BCUT2D eigenvalue weighted by molar-refractivity contribution is -0.895. The lowest BCUT2D eigenvalue weighted by atomic mass is 9.88. The number of nitrogens with zero attached hydrogens (tertiary/aromatic N) is 1. The number of hydrogen-bond acceptors (Lipinski definition) is 3. The number of nitrogens with one attached hydrogen (secondary N) is 2. The summed E-state index contributed by atoms with van der Waals surface area (Å²) in [5, 5.41) is 3.20. The number of sulfonamides is 1. The van der Waals surface area contributed by atoms with Crippen LogP contribution in [0.2, 0.25) is 0 Å². The van der Waals surface area contributed by atoms with Gasteiger partial charge < -0.3 is 10.2 Å². The summed E-state index contributed by atoms with van der Waals surface area (Å²) in [5.41, 5.74) is 3.38. The van der Waals surface area contributed by atoms with E-state index in [1.54, 1.807) is 4.31 Å². The van der Waals surface area contributed by atoms with E-state index in [1.807, 2.05) is 36.4 Å². The van der Waals surface area contributed by atoms with Crippen molar-refractivity contribution in [2.24, 2.45) is 0 Å². The first-order valence-corrected chi connectivity index (χ1v) is 12.3.